The maximum atomic E-state index is 12.6. The summed E-state index contributed by atoms with van der Waals surface area (Å²) in [4.78, 5) is 14.8. The van der Waals surface area contributed by atoms with Gasteiger partial charge in [-0.3, -0.25) is 4.79 Å². The predicted molar refractivity (Wildman–Crippen MR) is 98.3 cm³/mol. The maximum Gasteiger partial charge on any atom is 0.282 e. The van der Waals surface area contributed by atoms with Gasteiger partial charge in [0.15, 0.2) is 6.04 Å². The molecule has 124 valence electrons. The molecule has 2 aromatic rings. The Balaban J connectivity index is 2.07. The number of rotatable bonds is 7. The number of nitrogens with zero attached hydrogens (tertiary/aromatic N) is 1. The first-order valence-corrected chi connectivity index (χ1v) is 8.73. The molecule has 1 amide bonds. The molecule has 0 bridgehead atoms. The molecule has 2 N–H and O–H groups in total. The second-order valence-electron chi connectivity index (χ2n) is 5.44. The molecule has 2 rings (SSSR count). The fourth-order valence-electron chi connectivity index (χ4n) is 2.36. The quantitative estimate of drug-likeness (QED) is 0.746. The molecule has 0 aliphatic heterocycles. The van der Waals surface area contributed by atoms with E-state index in [2.05, 4.69) is 18.0 Å². The average Bonchev–Trinajstić information content (AvgIpc) is 2.99. The van der Waals surface area contributed by atoms with Crippen LogP contribution in [0.1, 0.15) is 17.4 Å². The molecule has 0 fully saturated rings. The highest BCUT2D eigenvalue weighted by Crippen LogP contribution is 2.20. The minimum Gasteiger partial charge on any atom is -0.321 e. The highest BCUT2D eigenvalue weighted by atomic mass is 35.5. The van der Waals surface area contributed by atoms with Gasteiger partial charge in [-0.25, -0.2) is 0 Å². The highest BCUT2D eigenvalue weighted by molar-refractivity contribution is 7.16. The van der Waals surface area contributed by atoms with Crippen LogP contribution in [0.4, 0.5) is 5.69 Å². The molecule has 0 radical (unpaired) electrons. The summed E-state index contributed by atoms with van der Waals surface area (Å²) in [6.45, 7) is 7.04. The van der Waals surface area contributed by atoms with E-state index in [0.717, 1.165) is 14.1 Å². The van der Waals surface area contributed by atoms with Crippen LogP contribution in [-0.4, -0.2) is 18.5 Å². The van der Waals surface area contributed by atoms with Crippen LogP contribution in [0.2, 0.25) is 4.34 Å². The van der Waals surface area contributed by atoms with E-state index in [1.165, 1.54) is 11.3 Å². The molecule has 0 saturated carbocycles. The number of anilines is 1. The van der Waals surface area contributed by atoms with Crippen LogP contribution in [0.25, 0.3) is 0 Å². The fourth-order valence-corrected chi connectivity index (χ4v) is 3.50. The van der Waals surface area contributed by atoms with Gasteiger partial charge in [0.2, 0.25) is 0 Å². The molecule has 6 heteroatoms. The van der Waals surface area contributed by atoms with E-state index in [1.807, 2.05) is 25.1 Å². The fraction of sp³-hybridized carbons (Fsp3) is 0.222. The predicted octanol–water partition coefficient (Wildman–Crippen LogP) is 2.87. The van der Waals surface area contributed by atoms with Crippen molar-refractivity contribution in [1.29, 1.82) is 5.26 Å². The lowest BCUT2D eigenvalue weighted by molar-refractivity contribution is -0.921. The number of quaternary nitrogens is 1. The lowest BCUT2D eigenvalue weighted by Crippen LogP contribution is -3.15. The van der Waals surface area contributed by atoms with E-state index in [9.17, 15) is 4.79 Å². The summed E-state index contributed by atoms with van der Waals surface area (Å²) in [5.74, 6) is -0.0930. The van der Waals surface area contributed by atoms with Gasteiger partial charge in [-0.15, -0.1) is 11.3 Å². The normalized spacial score (nSPS) is 12.9. The summed E-state index contributed by atoms with van der Waals surface area (Å²) in [6.07, 6.45) is 1.81. The van der Waals surface area contributed by atoms with Crippen LogP contribution in [0.5, 0.6) is 0 Å². The number of nitrogens with one attached hydrogen (secondary N) is 2. The number of benzene rings is 1. The van der Waals surface area contributed by atoms with Gasteiger partial charge in [0.25, 0.3) is 5.91 Å². The number of carbonyl (C=O) groups excluding carboxylic acids is 1. The second-order valence-corrected chi connectivity index (χ2v) is 7.24. The molecule has 1 unspecified atom stereocenters. The Morgan fingerprint density at radius 1 is 1.50 bits per heavy atom. The summed E-state index contributed by atoms with van der Waals surface area (Å²) in [5, 5.41) is 11.8. The molecule has 4 nitrogen and oxygen atoms in total. The zero-order valence-corrected chi connectivity index (χ0v) is 15.0. The standard InChI is InChI=1S/C18H18ClN3OS/c1-3-9-22(12-16-7-8-17(19)24-16)13(2)18(23)21-15-6-4-5-14(10-15)11-20/h3-8,10,13H,1,9,12H2,2H3,(H,21,23)/p+1/t13-/m0/s1. The molecular weight excluding hydrogens is 342 g/mol. The summed E-state index contributed by atoms with van der Waals surface area (Å²) in [7, 11) is 0. The van der Waals surface area contributed by atoms with E-state index in [4.69, 9.17) is 16.9 Å². The van der Waals surface area contributed by atoms with Gasteiger partial charge < -0.3 is 10.2 Å². The van der Waals surface area contributed by atoms with Crippen molar-refractivity contribution in [2.75, 3.05) is 11.9 Å². The average molecular weight is 361 g/mol. The van der Waals surface area contributed by atoms with Crippen LogP contribution in [-0.2, 0) is 11.3 Å². The van der Waals surface area contributed by atoms with Crippen LogP contribution >= 0.6 is 22.9 Å². The van der Waals surface area contributed by atoms with Gasteiger partial charge in [0.05, 0.1) is 27.4 Å². The molecule has 1 aromatic heterocycles. The number of amides is 1. The smallest absolute Gasteiger partial charge is 0.282 e. The summed E-state index contributed by atoms with van der Waals surface area (Å²) < 4.78 is 0.744. The Labute approximate surface area is 151 Å². The number of hydrogen-bond donors (Lipinski definition) is 2. The van der Waals surface area contributed by atoms with E-state index >= 15 is 0 Å². The summed E-state index contributed by atoms with van der Waals surface area (Å²) in [5.41, 5.74) is 1.15. The van der Waals surface area contributed by atoms with E-state index in [0.29, 0.717) is 24.3 Å². The van der Waals surface area contributed by atoms with Crippen molar-refractivity contribution in [1.82, 2.24) is 0 Å². The summed E-state index contributed by atoms with van der Waals surface area (Å²) >= 11 is 7.50. The Bertz CT molecular complexity index is 766. The molecule has 0 aliphatic carbocycles. The number of hydrogen-bond acceptors (Lipinski definition) is 3. The van der Waals surface area contributed by atoms with Gasteiger partial charge in [0.1, 0.15) is 6.54 Å². The van der Waals surface area contributed by atoms with Crippen molar-refractivity contribution < 1.29 is 9.69 Å². The van der Waals surface area contributed by atoms with E-state index < -0.39 is 0 Å². The topological polar surface area (TPSA) is 57.3 Å². The van der Waals surface area contributed by atoms with Crippen LogP contribution < -0.4 is 10.2 Å². The molecule has 0 spiro atoms. The minimum atomic E-state index is -0.269. The van der Waals surface area contributed by atoms with E-state index in [-0.39, 0.29) is 11.9 Å². The van der Waals surface area contributed by atoms with Crippen molar-refractivity contribution >= 4 is 34.5 Å². The first-order chi connectivity index (χ1) is 11.5. The Morgan fingerprint density at radius 3 is 2.92 bits per heavy atom. The molecule has 2 atom stereocenters. The lowest BCUT2D eigenvalue weighted by Gasteiger charge is -2.23. The third-order valence-corrected chi connectivity index (χ3v) is 4.93. The van der Waals surface area contributed by atoms with Crippen molar-refractivity contribution in [2.24, 2.45) is 0 Å². The van der Waals surface area contributed by atoms with Crippen LogP contribution in [0, 0.1) is 11.3 Å². The van der Waals surface area contributed by atoms with Crippen LogP contribution in [0.3, 0.4) is 0 Å². The first-order valence-electron chi connectivity index (χ1n) is 7.54. The largest absolute Gasteiger partial charge is 0.321 e. The minimum absolute atomic E-state index is 0.0930. The third-order valence-electron chi connectivity index (χ3n) is 3.70. The number of nitriles is 1. The first kappa shape index (κ1) is 18.2. The maximum absolute atomic E-state index is 12.6. The highest BCUT2D eigenvalue weighted by Gasteiger charge is 2.25. The van der Waals surface area contributed by atoms with Gasteiger partial charge >= 0.3 is 0 Å². The van der Waals surface area contributed by atoms with Crippen molar-refractivity contribution in [3.63, 3.8) is 0 Å². The Kier molecular flexibility index (Phi) is 6.56. The number of thiophene rings is 1. The molecule has 1 heterocycles. The molecule has 0 saturated heterocycles. The second kappa shape index (κ2) is 8.65. The van der Waals surface area contributed by atoms with Crippen molar-refractivity contribution in [3.05, 3.63) is 63.8 Å². The zero-order chi connectivity index (χ0) is 17.5. The molecule has 1 aromatic carbocycles. The number of halogens is 1. The SMILES string of the molecule is C=CC[NH+](Cc1ccc(Cl)s1)[C@@H](C)C(=O)Nc1cccc(C#N)c1. The van der Waals surface area contributed by atoms with E-state index in [1.54, 1.807) is 24.3 Å². The van der Waals surface area contributed by atoms with Gasteiger partial charge in [0, 0.05) is 5.69 Å². The number of carbonyl (C=O) groups is 1. The van der Waals surface area contributed by atoms with Gasteiger partial charge in [-0.2, -0.15) is 5.26 Å². The lowest BCUT2D eigenvalue weighted by atomic mass is 10.2. The zero-order valence-electron chi connectivity index (χ0n) is 13.4. The third kappa shape index (κ3) is 4.93. The van der Waals surface area contributed by atoms with Crippen LogP contribution in [0.15, 0.2) is 49.1 Å². The summed E-state index contributed by atoms with van der Waals surface area (Å²) in [6, 6.07) is 12.5. The monoisotopic (exact) mass is 360 g/mol. The van der Waals surface area contributed by atoms with Crippen molar-refractivity contribution in [3.8, 4) is 6.07 Å². The molecular formula is C18H19ClN3OS+. The molecule has 0 aliphatic rings. The molecule has 24 heavy (non-hydrogen) atoms. The Morgan fingerprint density at radius 2 is 2.29 bits per heavy atom. The van der Waals surface area contributed by atoms with Gasteiger partial charge in [-0.05, 0) is 43.3 Å². The van der Waals surface area contributed by atoms with Crippen molar-refractivity contribution in [2.45, 2.75) is 19.5 Å². The Hall–Kier alpha value is -2.13. The van der Waals surface area contributed by atoms with Gasteiger partial charge in [-0.1, -0.05) is 24.2 Å².